The van der Waals surface area contributed by atoms with Gasteiger partial charge < -0.3 is 15.6 Å². The van der Waals surface area contributed by atoms with Gasteiger partial charge in [0.15, 0.2) is 0 Å². The molecule has 0 saturated carbocycles. The maximum Gasteiger partial charge on any atom is 0.139 e. The Morgan fingerprint density at radius 2 is 1.63 bits per heavy atom. The van der Waals surface area contributed by atoms with Gasteiger partial charge >= 0.3 is 0 Å². The molecule has 4 rings (SSSR count). The molecule has 3 N–H and O–H groups in total. The number of H-pyrrole nitrogens is 1. The standard InChI is InChI=1S/C28H27Cl3N4/c1-16(34-25-9-6-18-10-11-32-27(18)35-25)23-15-22(7-8-24(23)31)33-17(2)26(28(3,4)5)19-12-20(29)14-21(30)13-19/h6-15,26,33H,1-2H2,3-5H3,(H2,32,34,35). The van der Waals surface area contributed by atoms with Crippen LogP contribution in [0, 0.1) is 5.41 Å². The fraction of sp³-hybridized carbons (Fsp3) is 0.179. The minimum Gasteiger partial charge on any atom is -0.359 e. The Bertz CT molecular complexity index is 1400. The van der Waals surface area contributed by atoms with Gasteiger partial charge in [-0.3, -0.25) is 0 Å². The minimum atomic E-state index is -0.138. The number of aromatic nitrogens is 2. The molecule has 7 heteroatoms. The van der Waals surface area contributed by atoms with E-state index >= 15 is 0 Å². The summed E-state index contributed by atoms with van der Waals surface area (Å²) in [5, 5.41) is 9.53. The normalized spacial score (nSPS) is 12.4. The van der Waals surface area contributed by atoms with E-state index < -0.39 is 0 Å². The smallest absolute Gasteiger partial charge is 0.139 e. The summed E-state index contributed by atoms with van der Waals surface area (Å²) in [6, 6.07) is 17.2. The molecule has 180 valence electrons. The van der Waals surface area contributed by atoms with Gasteiger partial charge in [-0.15, -0.1) is 0 Å². The van der Waals surface area contributed by atoms with Crippen molar-refractivity contribution < 1.29 is 0 Å². The number of pyridine rings is 1. The van der Waals surface area contributed by atoms with Gasteiger partial charge in [-0.2, -0.15) is 0 Å². The molecular weight excluding hydrogens is 499 g/mol. The van der Waals surface area contributed by atoms with Gasteiger partial charge in [-0.25, -0.2) is 4.98 Å². The van der Waals surface area contributed by atoms with E-state index in [1.54, 1.807) is 6.07 Å². The molecule has 0 fully saturated rings. The number of nitrogens with zero attached hydrogens (tertiary/aromatic N) is 1. The lowest BCUT2D eigenvalue weighted by Crippen LogP contribution is -2.23. The Morgan fingerprint density at radius 3 is 2.31 bits per heavy atom. The van der Waals surface area contributed by atoms with Crippen molar-refractivity contribution in [3.63, 3.8) is 0 Å². The molecule has 4 aromatic rings. The van der Waals surface area contributed by atoms with E-state index in [1.165, 1.54) is 0 Å². The molecule has 2 aromatic heterocycles. The monoisotopic (exact) mass is 524 g/mol. The number of anilines is 2. The summed E-state index contributed by atoms with van der Waals surface area (Å²) >= 11 is 19.1. The molecule has 2 aromatic carbocycles. The molecule has 0 aliphatic carbocycles. The first-order valence-corrected chi connectivity index (χ1v) is 12.3. The van der Waals surface area contributed by atoms with Crippen LogP contribution in [0.2, 0.25) is 15.1 Å². The summed E-state index contributed by atoms with van der Waals surface area (Å²) in [5.74, 6) is 0.630. The molecule has 0 radical (unpaired) electrons. The van der Waals surface area contributed by atoms with Crippen molar-refractivity contribution in [2.45, 2.75) is 26.7 Å². The van der Waals surface area contributed by atoms with Gasteiger partial charge in [-0.05, 0) is 65.6 Å². The highest BCUT2D eigenvalue weighted by Crippen LogP contribution is 2.42. The van der Waals surface area contributed by atoms with Crippen LogP contribution in [0.4, 0.5) is 11.5 Å². The molecular formula is C28H27Cl3N4. The fourth-order valence-corrected chi connectivity index (χ4v) is 5.05. The second kappa shape index (κ2) is 9.98. The molecule has 4 nitrogen and oxygen atoms in total. The zero-order valence-corrected chi connectivity index (χ0v) is 22.1. The molecule has 0 amide bonds. The van der Waals surface area contributed by atoms with Gasteiger partial charge in [0.2, 0.25) is 0 Å². The number of halogens is 3. The topological polar surface area (TPSA) is 52.7 Å². The summed E-state index contributed by atoms with van der Waals surface area (Å²) in [6.45, 7) is 15.0. The van der Waals surface area contributed by atoms with Crippen molar-refractivity contribution in [2.24, 2.45) is 5.41 Å². The van der Waals surface area contributed by atoms with Crippen LogP contribution >= 0.6 is 34.8 Å². The van der Waals surface area contributed by atoms with E-state index in [4.69, 9.17) is 34.8 Å². The van der Waals surface area contributed by atoms with E-state index in [-0.39, 0.29) is 11.3 Å². The third-order valence-corrected chi connectivity index (χ3v) is 6.48. The van der Waals surface area contributed by atoms with Crippen molar-refractivity contribution in [3.8, 4) is 0 Å². The third-order valence-electron chi connectivity index (χ3n) is 5.72. The van der Waals surface area contributed by atoms with Crippen LogP contribution < -0.4 is 10.6 Å². The van der Waals surface area contributed by atoms with Crippen molar-refractivity contribution in [1.29, 1.82) is 0 Å². The highest BCUT2D eigenvalue weighted by Gasteiger charge is 2.29. The fourth-order valence-electron chi connectivity index (χ4n) is 4.28. The van der Waals surface area contributed by atoms with Gasteiger partial charge in [0.1, 0.15) is 11.5 Å². The third kappa shape index (κ3) is 5.84. The summed E-state index contributed by atoms with van der Waals surface area (Å²) in [7, 11) is 0. The van der Waals surface area contributed by atoms with E-state index in [1.807, 2.05) is 54.7 Å². The average Bonchev–Trinajstić information content (AvgIpc) is 3.21. The molecule has 2 heterocycles. The lowest BCUT2D eigenvalue weighted by Gasteiger charge is -2.33. The summed E-state index contributed by atoms with van der Waals surface area (Å²) in [5.41, 5.74) is 4.72. The maximum absolute atomic E-state index is 6.53. The Balaban J connectivity index is 1.58. The summed E-state index contributed by atoms with van der Waals surface area (Å²) in [4.78, 5) is 7.69. The summed E-state index contributed by atoms with van der Waals surface area (Å²) in [6.07, 6.45) is 1.86. The molecule has 1 unspecified atom stereocenters. The van der Waals surface area contributed by atoms with Crippen LogP contribution in [0.1, 0.15) is 37.8 Å². The molecule has 0 aliphatic heterocycles. The number of nitrogens with one attached hydrogen (secondary N) is 3. The van der Waals surface area contributed by atoms with Crippen LogP contribution in [0.25, 0.3) is 16.7 Å². The average molecular weight is 526 g/mol. The number of hydrogen-bond donors (Lipinski definition) is 3. The Hall–Kier alpha value is -2.92. The van der Waals surface area contributed by atoms with E-state index in [9.17, 15) is 0 Å². The molecule has 0 aliphatic rings. The second-order valence-corrected chi connectivity index (χ2v) is 10.8. The predicted octanol–water partition coefficient (Wildman–Crippen LogP) is 9.36. The van der Waals surface area contributed by atoms with Gasteiger partial charge in [0, 0.05) is 50.2 Å². The Kier molecular flexibility index (Phi) is 7.18. The summed E-state index contributed by atoms with van der Waals surface area (Å²) < 4.78 is 0. The minimum absolute atomic E-state index is 0.0455. The molecule has 35 heavy (non-hydrogen) atoms. The lowest BCUT2D eigenvalue weighted by molar-refractivity contribution is 0.356. The number of aromatic amines is 1. The Labute approximate surface area is 221 Å². The zero-order chi connectivity index (χ0) is 25.3. The van der Waals surface area contributed by atoms with E-state index in [0.29, 0.717) is 26.6 Å². The molecule has 1 atom stereocenters. The van der Waals surface area contributed by atoms with Crippen LogP contribution in [-0.2, 0) is 0 Å². The zero-order valence-electron chi connectivity index (χ0n) is 19.8. The van der Waals surface area contributed by atoms with Crippen molar-refractivity contribution in [2.75, 3.05) is 10.6 Å². The van der Waals surface area contributed by atoms with Gasteiger partial charge in [0.25, 0.3) is 0 Å². The predicted molar refractivity (Wildman–Crippen MR) is 152 cm³/mol. The highest BCUT2D eigenvalue weighted by molar-refractivity contribution is 6.34. The molecule has 0 saturated heterocycles. The van der Waals surface area contributed by atoms with Crippen LogP contribution in [0.5, 0.6) is 0 Å². The number of allylic oxidation sites excluding steroid dienone is 1. The van der Waals surface area contributed by atoms with Crippen molar-refractivity contribution in [1.82, 2.24) is 9.97 Å². The maximum atomic E-state index is 6.53. The van der Waals surface area contributed by atoms with Crippen LogP contribution in [0.15, 0.2) is 79.6 Å². The van der Waals surface area contributed by atoms with Crippen LogP contribution in [-0.4, -0.2) is 9.97 Å². The first kappa shape index (κ1) is 25.2. The second-order valence-electron chi connectivity index (χ2n) is 9.56. The van der Waals surface area contributed by atoms with E-state index in [2.05, 4.69) is 54.5 Å². The molecule has 0 bridgehead atoms. The highest BCUT2D eigenvalue weighted by atomic mass is 35.5. The SMILES string of the molecule is C=C(Nc1ccc2cc[nH]c2n1)c1cc(NC(=C)C(c2cc(Cl)cc(Cl)c2)C(C)(C)C)ccc1Cl. The lowest BCUT2D eigenvalue weighted by atomic mass is 9.74. The number of fused-ring (bicyclic) bond motifs is 1. The Morgan fingerprint density at radius 1 is 0.914 bits per heavy atom. The van der Waals surface area contributed by atoms with Gasteiger partial charge in [0.05, 0.1) is 5.02 Å². The van der Waals surface area contributed by atoms with Crippen LogP contribution in [0.3, 0.4) is 0 Å². The van der Waals surface area contributed by atoms with Crippen molar-refractivity contribution in [3.05, 3.63) is 106 Å². The van der Waals surface area contributed by atoms with Crippen molar-refractivity contribution >= 4 is 63.0 Å². The van der Waals surface area contributed by atoms with Gasteiger partial charge in [-0.1, -0.05) is 68.7 Å². The first-order valence-electron chi connectivity index (χ1n) is 11.1. The first-order chi connectivity index (χ1) is 16.5. The number of hydrogen-bond acceptors (Lipinski definition) is 3. The number of rotatable bonds is 7. The number of benzene rings is 2. The largest absolute Gasteiger partial charge is 0.359 e. The molecule has 0 spiro atoms. The van der Waals surface area contributed by atoms with E-state index in [0.717, 1.165) is 33.5 Å². The quantitative estimate of drug-likeness (QED) is 0.225.